The number of nitrogens with zero attached hydrogens (tertiary/aromatic N) is 4. The lowest BCUT2D eigenvalue weighted by Gasteiger charge is -2.37. The third-order valence-corrected chi connectivity index (χ3v) is 11.5. The summed E-state index contributed by atoms with van der Waals surface area (Å²) in [6, 6.07) is -0.450. The van der Waals surface area contributed by atoms with Gasteiger partial charge in [0.25, 0.3) is 5.91 Å². The van der Waals surface area contributed by atoms with Crippen molar-refractivity contribution in [3.8, 4) is 0 Å². The SMILES string of the molecule is CCN1CCCC[C@@H]1C(=O)C[C@H](C(=O)N(C)[C@H](C[C@@H](OC(C)=O)c1nc(C(=O)N[C@@H](Cc2nccs2)CC(C)C)cs1)C(C)C)C1CC1. The number of Topliss-reactive ketones (excluding diaryl/α,β-unsaturated/α-hetero) is 1. The molecule has 1 N–H and O–H groups in total. The van der Waals surface area contributed by atoms with Crippen molar-refractivity contribution < 1.29 is 23.9 Å². The Morgan fingerprint density at radius 2 is 1.83 bits per heavy atom. The van der Waals surface area contributed by atoms with Crippen molar-refractivity contribution >= 4 is 46.2 Å². The van der Waals surface area contributed by atoms with Crippen molar-refractivity contribution in [2.75, 3.05) is 20.1 Å². The van der Waals surface area contributed by atoms with Crippen molar-refractivity contribution in [3.05, 3.63) is 32.7 Å². The molecular formula is C36H55N5O5S2. The third kappa shape index (κ3) is 10.6. The molecule has 1 aliphatic carbocycles. The molecule has 0 bridgehead atoms. The minimum absolute atomic E-state index is 0.0133. The zero-order chi connectivity index (χ0) is 35.0. The largest absolute Gasteiger partial charge is 0.455 e. The molecule has 48 heavy (non-hydrogen) atoms. The highest BCUT2D eigenvalue weighted by atomic mass is 32.1. The predicted octanol–water partition coefficient (Wildman–Crippen LogP) is 6.32. The van der Waals surface area contributed by atoms with Crippen LogP contribution in [0.1, 0.15) is 120 Å². The molecule has 5 atom stereocenters. The van der Waals surface area contributed by atoms with Crippen LogP contribution in [0.15, 0.2) is 17.0 Å². The van der Waals surface area contributed by atoms with Crippen LogP contribution in [0.25, 0.3) is 0 Å². The molecule has 266 valence electrons. The van der Waals surface area contributed by atoms with Gasteiger partial charge in [-0.15, -0.1) is 22.7 Å². The van der Waals surface area contributed by atoms with E-state index >= 15 is 0 Å². The van der Waals surface area contributed by atoms with Gasteiger partial charge in [0.1, 0.15) is 10.7 Å². The fraction of sp³-hybridized carbons (Fsp3) is 0.722. The molecule has 0 radical (unpaired) electrons. The van der Waals surface area contributed by atoms with Crippen LogP contribution in [0.2, 0.25) is 0 Å². The molecule has 1 saturated heterocycles. The van der Waals surface area contributed by atoms with E-state index in [0.717, 1.165) is 56.6 Å². The van der Waals surface area contributed by atoms with E-state index in [1.54, 1.807) is 27.8 Å². The van der Waals surface area contributed by atoms with Crippen molar-refractivity contribution in [3.63, 3.8) is 0 Å². The van der Waals surface area contributed by atoms with Crippen LogP contribution in [-0.2, 0) is 25.5 Å². The number of amides is 2. The number of aromatic nitrogens is 2. The Kier molecular flexibility index (Phi) is 14.1. The molecule has 2 fully saturated rings. The van der Waals surface area contributed by atoms with E-state index in [4.69, 9.17) is 4.74 Å². The summed E-state index contributed by atoms with van der Waals surface area (Å²) < 4.78 is 5.81. The highest BCUT2D eigenvalue weighted by molar-refractivity contribution is 7.10. The Morgan fingerprint density at radius 1 is 1.08 bits per heavy atom. The number of hydrogen-bond acceptors (Lipinski definition) is 10. The molecule has 4 rings (SSSR count). The number of carbonyl (C=O) groups is 4. The van der Waals surface area contributed by atoms with Gasteiger partial charge in [-0.1, -0.05) is 41.0 Å². The molecule has 2 aliphatic rings. The lowest BCUT2D eigenvalue weighted by atomic mass is 9.88. The number of esters is 1. The van der Waals surface area contributed by atoms with E-state index < -0.39 is 12.1 Å². The zero-order valence-electron chi connectivity index (χ0n) is 29.8. The molecule has 0 unspecified atom stereocenters. The van der Waals surface area contributed by atoms with E-state index in [2.05, 4.69) is 54.8 Å². The summed E-state index contributed by atoms with van der Waals surface area (Å²) in [5.41, 5.74) is 0.279. The third-order valence-electron chi connectivity index (χ3n) is 9.72. The van der Waals surface area contributed by atoms with Crippen LogP contribution in [0.5, 0.6) is 0 Å². The van der Waals surface area contributed by atoms with E-state index in [1.807, 2.05) is 12.4 Å². The molecule has 12 heteroatoms. The van der Waals surface area contributed by atoms with Gasteiger partial charge in [-0.2, -0.15) is 0 Å². The van der Waals surface area contributed by atoms with Crippen LogP contribution in [0.3, 0.4) is 0 Å². The Morgan fingerprint density at radius 3 is 2.44 bits per heavy atom. The molecule has 1 aliphatic heterocycles. The standard InChI is InChI=1S/C36H55N5O5S2/c1-8-41-15-10-9-11-29(41)31(43)19-27(25-12-13-25)36(45)40(7)30(23(4)5)20-32(46-24(6)42)35-39-28(21-48-35)34(44)38-26(17-22(2)3)18-33-37-14-16-47-33/h14,16,21-23,25-27,29-30,32H,8-13,15,17-20H2,1-7H3,(H,38,44)/t26-,27+,29-,30-,32-/m1/s1. The number of thiazole rings is 2. The van der Waals surface area contributed by atoms with Crippen LogP contribution < -0.4 is 5.32 Å². The van der Waals surface area contributed by atoms with Gasteiger partial charge >= 0.3 is 5.97 Å². The number of carbonyl (C=O) groups excluding carboxylic acids is 4. The second-order valence-electron chi connectivity index (χ2n) is 14.3. The number of likely N-dealkylation sites (N-methyl/N-ethyl adjacent to an activating group) is 1. The topological polar surface area (TPSA) is 122 Å². The first-order chi connectivity index (χ1) is 22.9. The van der Waals surface area contributed by atoms with Gasteiger partial charge in [0, 0.05) is 68.2 Å². The average molecular weight is 702 g/mol. The number of rotatable bonds is 18. The van der Waals surface area contributed by atoms with Gasteiger partial charge in [0.05, 0.1) is 11.0 Å². The molecule has 2 aromatic rings. The molecule has 0 aromatic carbocycles. The summed E-state index contributed by atoms with van der Waals surface area (Å²) in [7, 11) is 1.81. The van der Waals surface area contributed by atoms with Gasteiger partial charge in [-0.05, 0) is 62.9 Å². The van der Waals surface area contributed by atoms with E-state index in [-0.39, 0.29) is 65.6 Å². The minimum Gasteiger partial charge on any atom is -0.455 e. The summed E-state index contributed by atoms with van der Waals surface area (Å²) in [6.45, 7) is 13.6. The first-order valence-electron chi connectivity index (χ1n) is 17.7. The van der Waals surface area contributed by atoms with Crippen molar-refractivity contribution in [1.29, 1.82) is 0 Å². The first-order valence-corrected chi connectivity index (χ1v) is 19.5. The number of likely N-dealkylation sites (tertiary alicyclic amines) is 1. The Bertz CT molecular complexity index is 1360. The van der Waals surface area contributed by atoms with Gasteiger partial charge in [-0.25, -0.2) is 9.97 Å². The van der Waals surface area contributed by atoms with E-state index in [0.29, 0.717) is 23.8 Å². The molecule has 0 spiro atoms. The summed E-state index contributed by atoms with van der Waals surface area (Å²) in [5.74, 6) is -0.224. The molecule has 10 nitrogen and oxygen atoms in total. The summed E-state index contributed by atoms with van der Waals surface area (Å²) in [6.07, 6.45) is 8.08. The maximum absolute atomic E-state index is 14.1. The van der Waals surface area contributed by atoms with Crippen LogP contribution in [0, 0.1) is 23.7 Å². The smallest absolute Gasteiger partial charge is 0.303 e. The average Bonchev–Trinajstić information content (AvgIpc) is 3.51. The molecule has 3 heterocycles. The van der Waals surface area contributed by atoms with Crippen LogP contribution >= 0.6 is 22.7 Å². The summed E-state index contributed by atoms with van der Waals surface area (Å²) in [5, 5.41) is 8.27. The van der Waals surface area contributed by atoms with Crippen LogP contribution in [-0.4, -0.2) is 81.6 Å². The highest BCUT2D eigenvalue weighted by Gasteiger charge is 2.42. The monoisotopic (exact) mass is 701 g/mol. The molecule has 1 saturated carbocycles. The predicted molar refractivity (Wildman–Crippen MR) is 190 cm³/mol. The van der Waals surface area contributed by atoms with Gasteiger partial charge in [-0.3, -0.25) is 24.1 Å². The second kappa shape index (κ2) is 17.8. The molecular weight excluding hydrogens is 647 g/mol. The Labute approximate surface area is 294 Å². The summed E-state index contributed by atoms with van der Waals surface area (Å²) >= 11 is 2.86. The lowest BCUT2D eigenvalue weighted by molar-refractivity contribution is -0.149. The molecule has 2 aromatic heterocycles. The van der Waals surface area contributed by atoms with Crippen LogP contribution in [0.4, 0.5) is 0 Å². The van der Waals surface area contributed by atoms with Crippen molar-refractivity contribution in [2.24, 2.45) is 23.7 Å². The van der Waals surface area contributed by atoms with Gasteiger partial charge in [0.2, 0.25) is 5.91 Å². The summed E-state index contributed by atoms with van der Waals surface area (Å²) in [4.78, 5) is 66.5. The minimum atomic E-state index is -0.722. The van der Waals surface area contributed by atoms with Crippen molar-refractivity contribution in [2.45, 2.75) is 124 Å². The maximum atomic E-state index is 14.1. The zero-order valence-corrected chi connectivity index (χ0v) is 31.4. The van der Waals surface area contributed by atoms with Gasteiger partial charge < -0.3 is 15.0 Å². The quantitative estimate of drug-likeness (QED) is 0.179. The van der Waals surface area contributed by atoms with Crippen molar-refractivity contribution in [1.82, 2.24) is 25.1 Å². The number of ketones is 1. The first kappa shape index (κ1) is 38.1. The number of ether oxygens (including phenoxy) is 1. The second-order valence-corrected chi connectivity index (χ2v) is 16.2. The Balaban J connectivity index is 1.47. The Hall–Kier alpha value is -2.70. The van der Waals surface area contributed by atoms with E-state index in [1.165, 1.54) is 18.3 Å². The molecule has 2 amide bonds. The highest BCUT2D eigenvalue weighted by Crippen LogP contribution is 2.41. The van der Waals surface area contributed by atoms with E-state index in [9.17, 15) is 19.2 Å². The number of piperidine rings is 1. The van der Waals surface area contributed by atoms with Gasteiger partial charge in [0.15, 0.2) is 11.9 Å². The fourth-order valence-electron chi connectivity index (χ4n) is 7.09. The normalized spacial score (nSPS) is 19.5. The maximum Gasteiger partial charge on any atom is 0.303 e. The fourth-order valence-corrected chi connectivity index (χ4v) is 8.63. The lowest BCUT2D eigenvalue weighted by Crippen LogP contribution is -2.48. The number of nitrogens with one attached hydrogen (secondary N) is 1. The number of hydrogen-bond donors (Lipinski definition) is 1.